The number of hydrogen-bond acceptors (Lipinski definition) is 9. The number of amides is 1. The molecule has 2 aromatic heterocycles. The molecule has 2 heterocycles. The topological polar surface area (TPSA) is 134 Å². The molecule has 2 aromatic carbocycles. The standard InChI is InChI=1S/C24H24N6O5S/c1-4-34-20-11-19(30(32)33)21(35-5-2)10-18(20)28-22(31)13-36-24-17-12-27-29(23(17)25-14-26-24)16-8-6-15(3)7-9-16/h6-12,14H,4-5,13H2,1-3H3,(H,28,31). The van der Waals surface area contributed by atoms with Gasteiger partial charge in [0.05, 0.1) is 52.9 Å². The van der Waals surface area contributed by atoms with Crippen LogP contribution in [0.15, 0.2) is 53.9 Å². The normalized spacial score (nSPS) is 10.9. The highest BCUT2D eigenvalue weighted by atomic mass is 32.2. The van der Waals surface area contributed by atoms with Crippen molar-refractivity contribution in [3.8, 4) is 17.2 Å². The highest BCUT2D eigenvalue weighted by Gasteiger charge is 2.22. The van der Waals surface area contributed by atoms with Crippen molar-refractivity contribution in [1.29, 1.82) is 0 Å². The smallest absolute Gasteiger partial charge is 0.314 e. The van der Waals surface area contributed by atoms with Gasteiger partial charge in [-0.1, -0.05) is 29.5 Å². The molecule has 1 N–H and O–H groups in total. The number of thioether (sulfide) groups is 1. The number of ether oxygens (including phenoxy) is 2. The lowest BCUT2D eigenvalue weighted by Gasteiger charge is -2.14. The first-order valence-electron chi connectivity index (χ1n) is 11.2. The number of nitrogens with one attached hydrogen (secondary N) is 1. The van der Waals surface area contributed by atoms with Gasteiger partial charge in [-0.25, -0.2) is 14.6 Å². The van der Waals surface area contributed by atoms with Gasteiger partial charge >= 0.3 is 5.69 Å². The molecule has 0 saturated carbocycles. The van der Waals surface area contributed by atoms with E-state index in [1.165, 1.54) is 30.2 Å². The predicted molar refractivity (Wildman–Crippen MR) is 136 cm³/mol. The van der Waals surface area contributed by atoms with E-state index in [1.54, 1.807) is 24.7 Å². The van der Waals surface area contributed by atoms with Crippen molar-refractivity contribution in [2.24, 2.45) is 0 Å². The third-order valence-corrected chi connectivity index (χ3v) is 6.08. The van der Waals surface area contributed by atoms with Gasteiger partial charge in [0, 0.05) is 6.07 Å². The number of rotatable bonds is 10. The van der Waals surface area contributed by atoms with Gasteiger partial charge in [-0.2, -0.15) is 5.10 Å². The number of nitro groups is 1. The minimum atomic E-state index is -0.550. The molecule has 0 aliphatic heterocycles. The van der Waals surface area contributed by atoms with Crippen LogP contribution in [-0.2, 0) is 4.79 Å². The second kappa shape index (κ2) is 11.0. The van der Waals surface area contributed by atoms with Crippen LogP contribution in [0, 0.1) is 17.0 Å². The Bertz CT molecular complexity index is 1410. The van der Waals surface area contributed by atoms with Crippen LogP contribution in [0.3, 0.4) is 0 Å². The van der Waals surface area contributed by atoms with Crippen LogP contribution >= 0.6 is 11.8 Å². The molecule has 186 valence electrons. The van der Waals surface area contributed by atoms with Crippen LogP contribution < -0.4 is 14.8 Å². The number of carbonyl (C=O) groups excluding carboxylic acids is 1. The largest absolute Gasteiger partial charge is 0.491 e. The summed E-state index contributed by atoms with van der Waals surface area (Å²) in [6.07, 6.45) is 3.11. The van der Waals surface area contributed by atoms with Crippen molar-refractivity contribution in [2.45, 2.75) is 25.8 Å². The van der Waals surface area contributed by atoms with E-state index in [0.29, 0.717) is 10.7 Å². The Balaban J connectivity index is 1.53. The third kappa shape index (κ3) is 5.38. The van der Waals surface area contributed by atoms with Crippen LogP contribution in [-0.4, -0.2) is 49.5 Å². The Labute approximate surface area is 211 Å². The molecule has 0 unspecified atom stereocenters. The molecule has 1 amide bonds. The fraction of sp³-hybridized carbons (Fsp3) is 0.250. The first kappa shape index (κ1) is 24.9. The number of carbonyl (C=O) groups is 1. The maximum absolute atomic E-state index is 12.8. The summed E-state index contributed by atoms with van der Waals surface area (Å²) < 4.78 is 12.6. The van der Waals surface area contributed by atoms with Crippen molar-refractivity contribution < 1.29 is 19.2 Å². The SMILES string of the molecule is CCOc1cc([N+](=O)[O-])c(OCC)cc1NC(=O)CSc1ncnc2c1cnn2-c1ccc(C)cc1. The molecule has 4 rings (SSSR count). The Morgan fingerprint density at radius 2 is 1.83 bits per heavy atom. The zero-order valence-corrected chi connectivity index (χ0v) is 20.7. The maximum Gasteiger partial charge on any atom is 0.314 e. The van der Waals surface area contributed by atoms with E-state index >= 15 is 0 Å². The van der Waals surface area contributed by atoms with Crippen molar-refractivity contribution in [2.75, 3.05) is 24.3 Å². The molecule has 0 bridgehead atoms. The summed E-state index contributed by atoms with van der Waals surface area (Å²) in [6, 6.07) is 10.6. The van der Waals surface area contributed by atoms with Crippen LogP contribution in [0.1, 0.15) is 19.4 Å². The van der Waals surface area contributed by atoms with Gasteiger partial charge in [0.2, 0.25) is 5.91 Å². The molecule has 0 spiro atoms. The van der Waals surface area contributed by atoms with Gasteiger partial charge in [0.15, 0.2) is 11.4 Å². The minimum absolute atomic E-state index is 0.0361. The quantitative estimate of drug-likeness (QED) is 0.142. The maximum atomic E-state index is 12.8. The second-order valence-corrected chi connectivity index (χ2v) is 8.55. The predicted octanol–water partition coefficient (Wildman–Crippen LogP) is 4.56. The molecule has 0 saturated heterocycles. The summed E-state index contributed by atoms with van der Waals surface area (Å²) in [6.45, 7) is 5.99. The molecule has 4 aromatic rings. The number of nitro benzene ring substituents is 1. The first-order chi connectivity index (χ1) is 17.4. The molecule has 0 aliphatic carbocycles. The first-order valence-corrected chi connectivity index (χ1v) is 12.2. The molecular formula is C24H24N6O5S. The lowest BCUT2D eigenvalue weighted by molar-refractivity contribution is -0.385. The molecule has 11 nitrogen and oxygen atoms in total. The van der Waals surface area contributed by atoms with Gasteiger partial charge in [-0.05, 0) is 32.9 Å². The molecule has 12 heteroatoms. The summed E-state index contributed by atoms with van der Waals surface area (Å²) in [4.78, 5) is 32.4. The number of aromatic nitrogens is 4. The monoisotopic (exact) mass is 508 g/mol. The summed E-state index contributed by atoms with van der Waals surface area (Å²) in [5, 5.41) is 20.0. The number of nitrogens with zero attached hydrogens (tertiary/aromatic N) is 5. The van der Waals surface area contributed by atoms with Gasteiger partial charge in [0.1, 0.15) is 17.1 Å². The Morgan fingerprint density at radius 3 is 2.53 bits per heavy atom. The van der Waals surface area contributed by atoms with E-state index in [1.807, 2.05) is 31.2 Å². The van der Waals surface area contributed by atoms with Gasteiger partial charge in [-0.15, -0.1) is 0 Å². The zero-order chi connectivity index (χ0) is 25.7. The van der Waals surface area contributed by atoms with Crippen LogP contribution in [0.5, 0.6) is 11.5 Å². The van der Waals surface area contributed by atoms with E-state index in [-0.39, 0.29) is 47.7 Å². The number of hydrogen-bond donors (Lipinski definition) is 1. The van der Waals surface area contributed by atoms with E-state index in [4.69, 9.17) is 9.47 Å². The van der Waals surface area contributed by atoms with Crippen molar-refractivity contribution >= 4 is 40.1 Å². The number of benzene rings is 2. The Kier molecular flexibility index (Phi) is 7.64. The minimum Gasteiger partial charge on any atom is -0.491 e. The van der Waals surface area contributed by atoms with E-state index in [2.05, 4.69) is 20.4 Å². The Hall–Kier alpha value is -4.19. The average Bonchev–Trinajstić information content (AvgIpc) is 3.29. The van der Waals surface area contributed by atoms with Crippen molar-refractivity contribution in [3.05, 3.63) is 64.6 Å². The number of fused-ring (bicyclic) bond motifs is 1. The molecule has 0 atom stereocenters. The van der Waals surface area contributed by atoms with Gasteiger partial charge < -0.3 is 14.8 Å². The average molecular weight is 509 g/mol. The summed E-state index contributed by atoms with van der Waals surface area (Å²) >= 11 is 1.23. The molecule has 0 aliphatic rings. The lowest BCUT2D eigenvalue weighted by Crippen LogP contribution is -2.15. The molecule has 36 heavy (non-hydrogen) atoms. The number of aryl methyl sites for hydroxylation is 1. The summed E-state index contributed by atoms with van der Waals surface area (Å²) in [5.41, 5.74) is 2.70. The fourth-order valence-electron chi connectivity index (χ4n) is 3.47. The van der Waals surface area contributed by atoms with E-state index in [0.717, 1.165) is 16.6 Å². The highest BCUT2D eigenvalue weighted by Crippen LogP contribution is 2.38. The molecular weight excluding hydrogens is 484 g/mol. The van der Waals surface area contributed by atoms with Crippen LogP contribution in [0.25, 0.3) is 16.7 Å². The molecule has 0 radical (unpaired) electrons. The van der Waals surface area contributed by atoms with Crippen molar-refractivity contribution in [1.82, 2.24) is 19.7 Å². The zero-order valence-electron chi connectivity index (χ0n) is 19.9. The van der Waals surface area contributed by atoms with Crippen LogP contribution in [0.4, 0.5) is 11.4 Å². The molecule has 0 fully saturated rings. The fourth-order valence-corrected chi connectivity index (χ4v) is 4.23. The summed E-state index contributed by atoms with van der Waals surface area (Å²) in [5.74, 6) is -0.0615. The third-order valence-electron chi connectivity index (χ3n) is 5.08. The second-order valence-electron chi connectivity index (χ2n) is 7.58. The van der Waals surface area contributed by atoms with Gasteiger partial charge in [-0.3, -0.25) is 14.9 Å². The lowest BCUT2D eigenvalue weighted by atomic mass is 10.2. The summed E-state index contributed by atoms with van der Waals surface area (Å²) in [7, 11) is 0. The highest BCUT2D eigenvalue weighted by molar-refractivity contribution is 8.00. The van der Waals surface area contributed by atoms with Crippen LogP contribution in [0.2, 0.25) is 0 Å². The van der Waals surface area contributed by atoms with Gasteiger partial charge in [0.25, 0.3) is 0 Å². The Morgan fingerprint density at radius 1 is 1.11 bits per heavy atom. The van der Waals surface area contributed by atoms with E-state index < -0.39 is 4.92 Å². The van der Waals surface area contributed by atoms with Crippen molar-refractivity contribution in [3.63, 3.8) is 0 Å². The van der Waals surface area contributed by atoms with E-state index in [9.17, 15) is 14.9 Å². The number of anilines is 1.